The lowest BCUT2D eigenvalue weighted by Crippen LogP contribution is -2.50. The Labute approximate surface area is 84.3 Å². The van der Waals surface area contributed by atoms with Crippen molar-refractivity contribution in [2.75, 3.05) is 0 Å². The largest absolute Gasteiger partial charge is 0.348 e. The molecule has 1 saturated carbocycles. The van der Waals surface area contributed by atoms with E-state index in [1.807, 2.05) is 6.33 Å². The van der Waals surface area contributed by atoms with Crippen LogP contribution in [0.3, 0.4) is 0 Å². The van der Waals surface area contributed by atoms with Gasteiger partial charge in [-0.2, -0.15) is 0 Å². The molecule has 1 aromatic rings. The highest BCUT2D eigenvalue weighted by molar-refractivity contribution is 5.27. The minimum absolute atomic E-state index is 0.215. The molecule has 0 saturated heterocycles. The number of H-pyrrole nitrogens is 1. The van der Waals surface area contributed by atoms with Gasteiger partial charge in [-0.25, -0.2) is 4.98 Å². The van der Waals surface area contributed by atoms with Crippen molar-refractivity contribution in [2.24, 2.45) is 0 Å². The van der Waals surface area contributed by atoms with Crippen molar-refractivity contribution >= 4 is 0 Å². The Balaban J connectivity index is 2.07. The van der Waals surface area contributed by atoms with Crippen LogP contribution in [0, 0.1) is 0 Å². The van der Waals surface area contributed by atoms with Crippen molar-refractivity contribution in [1.29, 1.82) is 0 Å². The van der Waals surface area contributed by atoms with Gasteiger partial charge in [0, 0.05) is 18.2 Å². The molecule has 3 heteroatoms. The number of fused-ring (bicyclic) bond motifs is 2. The number of aromatic nitrogens is 2. The standard InChI is InChI=1S/C11H17N3/c1-8-6-9-10(13-7-12-9)11(14-8)4-2-3-5-11/h7-8,14H,2-6H2,1H3,(H,12,13). The smallest absolute Gasteiger partial charge is 0.0926 e. The van der Waals surface area contributed by atoms with E-state index in [0.717, 1.165) is 6.42 Å². The van der Waals surface area contributed by atoms with Crippen molar-refractivity contribution in [3.63, 3.8) is 0 Å². The third-order valence-corrected chi connectivity index (χ3v) is 3.66. The normalized spacial score (nSPS) is 29.4. The summed E-state index contributed by atoms with van der Waals surface area (Å²) in [6, 6.07) is 0.584. The van der Waals surface area contributed by atoms with E-state index in [9.17, 15) is 0 Å². The Kier molecular flexibility index (Phi) is 1.71. The van der Waals surface area contributed by atoms with E-state index in [1.165, 1.54) is 37.1 Å². The van der Waals surface area contributed by atoms with Gasteiger partial charge in [-0.1, -0.05) is 12.8 Å². The van der Waals surface area contributed by atoms with Gasteiger partial charge in [0.2, 0.25) is 0 Å². The fourth-order valence-corrected chi connectivity index (χ4v) is 3.15. The number of aromatic amines is 1. The second-order valence-electron chi connectivity index (χ2n) is 4.77. The van der Waals surface area contributed by atoms with E-state index >= 15 is 0 Å². The van der Waals surface area contributed by atoms with Crippen molar-refractivity contribution in [3.05, 3.63) is 17.7 Å². The minimum Gasteiger partial charge on any atom is -0.348 e. The van der Waals surface area contributed by atoms with Crippen LogP contribution in [0.15, 0.2) is 6.33 Å². The molecule has 1 spiro atoms. The van der Waals surface area contributed by atoms with Crippen LogP contribution in [0.1, 0.15) is 44.0 Å². The van der Waals surface area contributed by atoms with E-state index in [-0.39, 0.29) is 5.54 Å². The van der Waals surface area contributed by atoms with Crippen LogP contribution in [0.4, 0.5) is 0 Å². The molecule has 1 aliphatic carbocycles. The fraction of sp³-hybridized carbons (Fsp3) is 0.727. The summed E-state index contributed by atoms with van der Waals surface area (Å²) in [7, 11) is 0. The van der Waals surface area contributed by atoms with Crippen LogP contribution < -0.4 is 5.32 Å². The quantitative estimate of drug-likeness (QED) is 0.655. The summed E-state index contributed by atoms with van der Waals surface area (Å²) in [6.07, 6.45) is 8.14. The average Bonchev–Trinajstić information content (AvgIpc) is 2.73. The molecule has 0 amide bonds. The summed E-state index contributed by atoms with van der Waals surface area (Å²) >= 11 is 0. The zero-order chi connectivity index (χ0) is 9.60. The molecule has 1 aliphatic heterocycles. The van der Waals surface area contributed by atoms with Crippen LogP contribution in [0.2, 0.25) is 0 Å². The highest BCUT2D eigenvalue weighted by atomic mass is 15.1. The SMILES string of the molecule is CC1Cc2[nH]cnc2C2(CCCC2)N1. The zero-order valence-electron chi connectivity index (χ0n) is 8.64. The number of hydrogen-bond donors (Lipinski definition) is 2. The van der Waals surface area contributed by atoms with Crippen LogP contribution in [-0.2, 0) is 12.0 Å². The third-order valence-electron chi connectivity index (χ3n) is 3.66. The molecule has 1 aromatic heterocycles. The predicted octanol–water partition coefficient (Wildman–Crippen LogP) is 1.71. The first-order chi connectivity index (χ1) is 6.80. The second-order valence-corrected chi connectivity index (χ2v) is 4.77. The van der Waals surface area contributed by atoms with Gasteiger partial charge in [-0.15, -0.1) is 0 Å². The molecule has 2 N–H and O–H groups in total. The van der Waals surface area contributed by atoms with E-state index < -0.39 is 0 Å². The molecular weight excluding hydrogens is 174 g/mol. The summed E-state index contributed by atoms with van der Waals surface area (Å²) in [5.74, 6) is 0. The summed E-state index contributed by atoms with van der Waals surface area (Å²) < 4.78 is 0. The van der Waals surface area contributed by atoms with Gasteiger partial charge >= 0.3 is 0 Å². The number of nitrogens with zero attached hydrogens (tertiary/aromatic N) is 1. The van der Waals surface area contributed by atoms with Gasteiger partial charge < -0.3 is 10.3 Å². The molecule has 1 atom stereocenters. The van der Waals surface area contributed by atoms with Gasteiger partial charge in [0.25, 0.3) is 0 Å². The Morgan fingerprint density at radius 2 is 2.21 bits per heavy atom. The Bertz CT molecular complexity index is 336. The van der Waals surface area contributed by atoms with E-state index in [4.69, 9.17) is 0 Å². The van der Waals surface area contributed by atoms with Crippen LogP contribution in [-0.4, -0.2) is 16.0 Å². The van der Waals surface area contributed by atoms with Gasteiger partial charge in [-0.3, -0.25) is 0 Å². The summed E-state index contributed by atoms with van der Waals surface area (Å²) in [4.78, 5) is 7.80. The lowest BCUT2D eigenvalue weighted by Gasteiger charge is -2.37. The molecule has 0 radical (unpaired) electrons. The van der Waals surface area contributed by atoms with Crippen molar-refractivity contribution in [2.45, 2.75) is 50.6 Å². The van der Waals surface area contributed by atoms with Gasteiger partial charge in [-0.05, 0) is 19.8 Å². The maximum atomic E-state index is 4.51. The molecular formula is C11H17N3. The highest BCUT2D eigenvalue weighted by Crippen LogP contribution is 2.41. The second kappa shape index (κ2) is 2.83. The zero-order valence-corrected chi connectivity index (χ0v) is 8.64. The fourth-order valence-electron chi connectivity index (χ4n) is 3.15. The number of rotatable bonds is 0. The molecule has 3 rings (SSSR count). The Morgan fingerprint density at radius 1 is 1.43 bits per heavy atom. The van der Waals surface area contributed by atoms with Crippen molar-refractivity contribution < 1.29 is 0 Å². The van der Waals surface area contributed by atoms with Crippen LogP contribution >= 0.6 is 0 Å². The summed E-state index contributed by atoms with van der Waals surface area (Å²) in [5, 5.41) is 3.75. The predicted molar refractivity (Wildman–Crippen MR) is 55.0 cm³/mol. The summed E-state index contributed by atoms with van der Waals surface area (Å²) in [6.45, 7) is 2.27. The topological polar surface area (TPSA) is 40.7 Å². The van der Waals surface area contributed by atoms with Crippen molar-refractivity contribution in [1.82, 2.24) is 15.3 Å². The molecule has 1 fully saturated rings. The lowest BCUT2D eigenvalue weighted by atomic mass is 9.85. The van der Waals surface area contributed by atoms with Crippen LogP contribution in [0.25, 0.3) is 0 Å². The number of imidazole rings is 1. The van der Waals surface area contributed by atoms with Crippen molar-refractivity contribution in [3.8, 4) is 0 Å². The van der Waals surface area contributed by atoms with E-state index in [2.05, 4.69) is 22.2 Å². The Hall–Kier alpha value is -0.830. The first-order valence-electron chi connectivity index (χ1n) is 5.61. The Morgan fingerprint density at radius 3 is 3.00 bits per heavy atom. The first kappa shape index (κ1) is 8.48. The molecule has 1 unspecified atom stereocenters. The van der Waals surface area contributed by atoms with Gasteiger partial charge in [0.05, 0.1) is 17.6 Å². The molecule has 3 nitrogen and oxygen atoms in total. The highest BCUT2D eigenvalue weighted by Gasteiger charge is 2.42. The lowest BCUT2D eigenvalue weighted by molar-refractivity contribution is 0.271. The monoisotopic (exact) mass is 191 g/mol. The van der Waals surface area contributed by atoms with Crippen LogP contribution in [0.5, 0.6) is 0 Å². The average molecular weight is 191 g/mol. The molecule has 76 valence electrons. The molecule has 0 bridgehead atoms. The number of nitrogens with one attached hydrogen (secondary N) is 2. The molecule has 0 aromatic carbocycles. The van der Waals surface area contributed by atoms with E-state index in [1.54, 1.807) is 0 Å². The first-order valence-corrected chi connectivity index (χ1v) is 5.61. The maximum absolute atomic E-state index is 4.51. The molecule has 14 heavy (non-hydrogen) atoms. The third kappa shape index (κ3) is 1.05. The van der Waals surface area contributed by atoms with E-state index in [0.29, 0.717) is 6.04 Å². The van der Waals surface area contributed by atoms with Gasteiger partial charge in [0.1, 0.15) is 0 Å². The minimum atomic E-state index is 0.215. The maximum Gasteiger partial charge on any atom is 0.0926 e. The number of hydrogen-bond acceptors (Lipinski definition) is 2. The summed E-state index contributed by atoms with van der Waals surface area (Å²) in [5.41, 5.74) is 2.87. The van der Waals surface area contributed by atoms with Gasteiger partial charge in [0.15, 0.2) is 0 Å². The molecule has 2 aliphatic rings. The molecule has 2 heterocycles.